The molecule has 0 saturated carbocycles. The molecule has 90 valence electrons. The zero-order valence-corrected chi connectivity index (χ0v) is 10.0. The van der Waals surface area contributed by atoms with E-state index in [2.05, 4.69) is 22.5 Å². The third-order valence-corrected chi connectivity index (χ3v) is 2.21. The van der Waals surface area contributed by atoms with Gasteiger partial charge >= 0.3 is 0 Å². The van der Waals surface area contributed by atoms with Crippen LogP contribution < -0.4 is 10.6 Å². The van der Waals surface area contributed by atoms with Crippen LogP contribution in [0.4, 0.5) is 11.5 Å². The van der Waals surface area contributed by atoms with E-state index in [1.54, 1.807) is 13.1 Å². The minimum absolute atomic E-state index is 0.257. The maximum absolute atomic E-state index is 9.14. The average molecular weight is 223 g/mol. The van der Waals surface area contributed by atoms with Gasteiger partial charge in [0.1, 0.15) is 5.82 Å². The zero-order valence-electron chi connectivity index (χ0n) is 10.0. The summed E-state index contributed by atoms with van der Waals surface area (Å²) in [7, 11) is 0. The van der Waals surface area contributed by atoms with Crippen LogP contribution in [-0.4, -0.2) is 29.3 Å². The molecule has 1 aromatic rings. The van der Waals surface area contributed by atoms with Crippen molar-refractivity contribution >= 4 is 11.5 Å². The van der Waals surface area contributed by atoms with Crippen molar-refractivity contribution in [1.29, 1.82) is 0 Å². The lowest BCUT2D eigenvalue weighted by molar-refractivity contribution is 0.189. The molecule has 0 bridgehead atoms. The Morgan fingerprint density at radius 3 is 2.88 bits per heavy atom. The molecule has 1 unspecified atom stereocenters. The molecule has 0 spiro atoms. The van der Waals surface area contributed by atoms with Crippen molar-refractivity contribution in [2.24, 2.45) is 0 Å². The summed E-state index contributed by atoms with van der Waals surface area (Å²) in [6, 6.07) is 3.91. The molecule has 4 nitrogen and oxygen atoms in total. The summed E-state index contributed by atoms with van der Waals surface area (Å²) in [6.45, 7) is 5.62. The molecule has 0 aliphatic heterocycles. The lowest BCUT2D eigenvalue weighted by atomic mass is 10.3. The maximum atomic E-state index is 9.14. The van der Waals surface area contributed by atoms with Crippen LogP contribution in [0.25, 0.3) is 0 Å². The highest BCUT2D eigenvalue weighted by atomic mass is 16.3. The van der Waals surface area contributed by atoms with Crippen LogP contribution in [0.15, 0.2) is 18.3 Å². The third-order valence-electron chi connectivity index (χ3n) is 2.21. The predicted octanol–water partition coefficient (Wildman–Crippen LogP) is 2.09. The molecule has 0 saturated heterocycles. The Kier molecular flexibility index (Phi) is 5.64. The van der Waals surface area contributed by atoms with Gasteiger partial charge in [-0.25, -0.2) is 4.98 Å². The number of nitrogens with zero attached hydrogens (tertiary/aromatic N) is 1. The Hall–Kier alpha value is -1.29. The Labute approximate surface area is 97.1 Å². The number of aliphatic hydroxyl groups excluding tert-OH is 1. The molecule has 0 aromatic carbocycles. The van der Waals surface area contributed by atoms with Gasteiger partial charge in [-0.3, -0.25) is 0 Å². The highest BCUT2D eigenvalue weighted by molar-refractivity contribution is 5.51. The van der Waals surface area contributed by atoms with Crippen molar-refractivity contribution in [3.63, 3.8) is 0 Å². The SMILES string of the molecule is CCCNc1cc(NCCC(C)O)ccn1. The van der Waals surface area contributed by atoms with Crippen molar-refractivity contribution < 1.29 is 5.11 Å². The fourth-order valence-corrected chi connectivity index (χ4v) is 1.32. The predicted molar refractivity (Wildman–Crippen MR) is 67.8 cm³/mol. The summed E-state index contributed by atoms with van der Waals surface area (Å²) in [4.78, 5) is 4.22. The van der Waals surface area contributed by atoms with Gasteiger partial charge in [-0.2, -0.15) is 0 Å². The first-order valence-corrected chi connectivity index (χ1v) is 5.84. The molecule has 1 aromatic heterocycles. The van der Waals surface area contributed by atoms with Gasteiger partial charge in [-0.05, 0) is 25.8 Å². The van der Waals surface area contributed by atoms with Crippen molar-refractivity contribution in [3.05, 3.63) is 18.3 Å². The molecular weight excluding hydrogens is 202 g/mol. The van der Waals surface area contributed by atoms with Gasteiger partial charge in [0.05, 0.1) is 6.10 Å². The largest absolute Gasteiger partial charge is 0.393 e. The standard InChI is InChI=1S/C12H21N3O/c1-3-6-14-12-9-11(5-8-15-12)13-7-4-10(2)16/h5,8-10,16H,3-4,6-7H2,1-2H3,(H2,13,14,15). The van der Waals surface area contributed by atoms with Crippen molar-refractivity contribution in [3.8, 4) is 0 Å². The quantitative estimate of drug-likeness (QED) is 0.662. The summed E-state index contributed by atoms with van der Waals surface area (Å²) >= 11 is 0. The van der Waals surface area contributed by atoms with Gasteiger partial charge in [0.15, 0.2) is 0 Å². The van der Waals surface area contributed by atoms with Crippen LogP contribution in [0, 0.1) is 0 Å². The van der Waals surface area contributed by atoms with E-state index in [1.807, 2.05) is 12.1 Å². The second-order valence-electron chi connectivity index (χ2n) is 3.92. The first kappa shape index (κ1) is 12.8. The number of nitrogens with one attached hydrogen (secondary N) is 2. The van der Waals surface area contributed by atoms with Gasteiger partial charge in [0, 0.05) is 31.0 Å². The Morgan fingerprint density at radius 1 is 1.38 bits per heavy atom. The monoisotopic (exact) mass is 223 g/mol. The molecule has 1 heterocycles. The molecule has 16 heavy (non-hydrogen) atoms. The normalized spacial score (nSPS) is 12.2. The number of rotatable bonds is 7. The van der Waals surface area contributed by atoms with Crippen molar-refractivity contribution in [2.45, 2.75) is 32.8 Å². The lowest BCUT2D eigenvalue weighted by Crippen LogP contribution is -2.10. The number of hydrogen-bond acceptors (Lipinski definition) is 4. The summed E-state index contributed by atoms with van der Waals surface area (Å²) < 4.78 is 0. The van der Waals surface area contributed by atoms with Crippen LogP contribution in [0.1, 0.15) is 26.7 Å². The van der Waals surface area contributed by atoms with Crippen LogP contribution in [0.3, 0.4) is 0 Å². The fourth-order valence-electron chi connectivity index (χ4n) is 1.32. The van der Waals surface area contributed by atoms with Crippen LogP contribution in [0.5, 0.6) is 0 Å². The molecule has 0 aliphatic carbocycles. The zero-order chi connectivity index (χ0) is 11.8. The third kappa shape index (κ3) is 4.98. The Morgan fingerprint density at radius 2 is 2.19 bits per heavy atom. The summed E-state index contributed by atoms with van der Waals surface area (Å²) in [6.07, 6.45) is 3.36. The fraction of sp³-hybridized carbons (Fsp3) is 0.583. The summed E-state index contributed by atoms with van der Waals surface area (Å²) in [5.74, 6) is 0.892. The lowest BCUT2D eigenvalue weighted by Gasteiger charge is -2.09. The topological polar surface area (TPSA) is 57.2 Å². The Bertz CT molecular complexity index is 302. The number of aromatic nitrogens is 1. The van der Waals surface area contributed by atoms with Gasteiger partial charge < -0.3 is 15.7 Å². The molecule has 0 fully saturated rings. The Balaban J connectivity index is 2.40. The van der Waals surface area contributed by atoms with E-state index < -0.39 is 0 Å². The van der Waals surface area contributed by atoms with Crippen LogP contribution in [-0.2, 0) is 0 Å². The summed E-state index contributed by atoms with van der Waals surface area (Å²) in [5, 5.41) is 15.6. The van der Waals surface area contributed by atoms with E-state index in [4.69, 9.17) is 5.11 Å². The smallest absolute Gasteiger partial charge is 0.127 e. The van der Waals surface area contributed by atoms with Crippen LogP contribution in [0.2, 0.25) is 0 Å². The van der Waals surface area contributed by atoms with Gasteiger partial charge in [0.2, 0.25) is 0 Å². The molecule has 0 aliphatic rings. The number of aliphatic hydroxyl groups is 1. The molecule has 0 amide bonds. The molecule has 1 atom stereocenters. The first-order valence-electron chi connectivity index (χ1n) is 5.84. The minimum atomic E-state index is -0.257. The van der Waals surface area contributed by atoms with Crippen molar-refractivity contribution in [2.75, 3.05) is 23.7 Å². The minimum Gasteiger partial charge on any atom is -0.393 e. The summed E-state index contributed by atoms with van der Waals surface area (Å²) in [5.41, 5.74) is 1.04. The molecule has 0 radical (unpaired) electrons. The van der Waals surface area contributed by atoms with Crippen LogP contribution >= 0.6 is 0 Å². The number of pyridine rings is 1. The van der Waals surface area contributed by atoms with Gasteiger partial charge in [-0.15, -0.1) is 0 Å². The molecule has 4 heteroatoms. The molecule has 1 rings (SSSR count). The highest BCUT2D eigenvalue weighted by Gasteiger charge is 1.98. The van der Waals surface area contributed by atoms with E-state index in [9.17, 15) is 0 Å². The van der Waals surface area contributed by atoms with E-state index in [0.29, 0.717) is 0 Å². The molecule has 3 N–H and O–H groups in total. The average Bonchev–Trinajstić information content (AvgIpc) is 2.26. The maximum Gasteiger partial charge on any atom is 0.127 e. The highest BCUT2D eigenvalue weighted by Crippen LogP contribution is 2.11. The number of anilines is 2. The van der Waals surface area contributed by atoms with Crippen molar-refractivity contribution in [1.82, 2.24) is 4.98 Å². The molecular formula is C12H21N3O. The first-order chi connectivity index (χ1) is 7.72. The van der Waals surface area contributed by atoms with E-state index in [0.717, 1.165) is 37.4 Å². The second-order valence-corrected chi connectivity index (χ2v) is 3.92. The number of hydrogen-bond donors (Lipinski definition) is 3. The van der Waals surface area contributed by atoms with Gasteiger partial charge in [-0.1, -0.05) is 6.92 Å². The van der Waals surface area contributed by atoms with E-state index in [1.165, 1.54) is 0 Å². The second kappa shape index (κ2) is 7.06. The van der Waals surface area contributed by atoms with E-state index >= 15 is 0 Å². The van der Waals surface area contributed by atoms with Gasteiger partial charge in [0.25, 0.3) is 0 Å². The van der Waals surface area contributed by atoms with E-state index in [-0.39, 0.29) is 6.10 Å².